The van der Waals surface area contributed by atoms with Gasteiger partial charge in [-0.3, -0.25) is 0 Å². The molecule has 0 amide bonds. The van der Waals surface area contributed by atoms with Gasteiger partial charge in [0.25, 0.3) is 0 Å². The van der Waals surface area contributed by atoms with Crippen LogP contribution in [0, 0.1) is 6.92 Å². The SMILES string of the molecule is Cc1ccc(N)cc1-n1cc(-c2ccco2)nn1. The zero-order valence-electron chi connectivity index (χ0n) is 9.87. The fourth-order valence-electron chi connectivity index (χ4n) is 1.79. The van der Waals surface area contributed by atoms with E-state index in [1.807, 2.05) is 43.5 Å². The van der Waals surface area contributed by atoms with Gasteiger partial charge < -0.3 is 10.2 Å². The highest BCUT2D eigenvalue weighted by Crippen LogP contribution is 2.20. The van der Waals surface area contributed by atoms with E-state index in [4.69, 9.17) is 10.2 Å². The molecule has 2 aromatic heterocycles. The quantitative estimate of drug-likeness (QED) is 0.698. The smallest absolute Gasteiger partial charge is 0.155 e. The summed E-state index contributed by atoms with van der Waals surface area (Å²) in [5.41, 5.74) is 9.18. The van der Waals surface area contributed by atoms with Gasteiger partial charge in [0.1, 0.15) is 5.69 Å². The molecular weight excluding hydrogens is 228 g/mol. The van der Waals surface area contributed by atoms with Gasteiger partial charge >= 0.3 is 0 Å². The number of nitrogen functional groups attached to an aromatic ring is 1. The molecule has 0 saturated heterocycles. The van der Waals surface area contributed by atoms with E-state index >= 15 is 0 Å². The molecule has 1 aromatic carbocycles. The highest BCUT2D eigenvalue weighted by Gasteiger charge is 2.09. The Morgan fingerprint density at radius 2 is 2.17 bits per heavy atom. The molecule has 0 unspecified atom stereocenters. The Labute approximate surface area is 104 Å². The Kier molecular flexibility index (Phi) is 2.37. The number of aromatic nitrogens is 3. The summed E-state index contributed by atoms with van der Waals surface area (Å²) in [5, 5.41) is 8.18. The maximum atomic E-state index is 5.79. The molecule has 0 radical (unpaired) electrons. The number of hydrogen-bond acceptors (Lipinski definition) is 4. The first kappa shape index (κ1) is 10.6. The van der Waals surface area contributed by atoms with Crippen molar-refractivity contribution in [2.45, 2.75) is 6.92 Å². The first-order chi connectivity index (χ1) is 8.74. The van der Waals surface area contributed by atoms with Crippen LogP contribution >= 0.6 is 0 Å². The van der Waals surface area contributed by atoms with Crippen molar-refractivity contribution in [1.82, 2.24) is 15.0 Å². The molecule has 2 heterocycles. The van der Waals surface area contributed by atoms with Gasteiger partial charge in [-0.1, -0.05) is 11.3 Å². The van der Waals surface area contributed by atoms with E-state index in [9.17, 15) is 0 Å². The second kappa shape index (κ2) is 4.03. The zero-order valence-corrected chi connectivity index (χ0v) is 9.87. The summed E-state index contributed by atoms with van der Waals surface area (Å²) in [6, 6.07) is 9.36. The minimum atomic E-state index is 0.696. The summed E-state index contributed by atoms with van der Waals surface area (Å²) < 4.78 is 6.98. The molecule has 0 aliphatic carbocycles. The van der Waals surface area contributed by atoms with Crippen molar-refractivity contribution in [2.75, 3.05) is 5.73 Å². The minimum Gasteiger partial charge on any atom is -0.463 e. The van der Waals surface area contributed by atoms with Gasteiger partial charge in [0.15, 0.2) is 5.76 Å². The van der Waals surface area contributed by atoms with Crippen LogP contribution in [0.5, 0.6) is 0 Å². The molecule has 0 saturated carbocycles. The van der Waals surface area contributed by atoms with E-state index in [0.717, 1.165) is 11.3 Å². The van der Waals surface area contributed by atoms with Crippen molar-refractivity contribution >= 4 is 5.69 Å². The molecule has 90 valence electrons. The zero-order chi connectivity index (χ0) is 12.5. The predicted molar refractivity (Wildman–Crippen MR) is 68.2 cm³/mol. The van der Waals surface area contributed by atoms with Crippen LogP contribution in [0.3, 0.4) is 0 Å². The van der Waals surface area contributed by atoms with Gasteiger partial charge in [-0.15, -0.1) is 5.10 Å². The van der Waals surface area contributed by atoms with E-state index in [1.54, 1.807) is 10.9 Å². The van der Waals surface area contributed by atoms with E-state index in [2.05, 4.69) is 10.3 Å². The minimum absolute atomic E-state index is 0.696. The summed E-state index contributed by atoms with van der Waals surface area (Å²) in [5.74, 6) is 0.697. The third-order valence-corrected chi connectivity index (χ3v) is 2.75. The standard InChI is InChI=1S/C13H12N4O/c1-9-4-5-10(14)7-12(9)17-8-11(15-16-17)13-3-2-6-18-13/h2-8H,14H2,1H3. The molecule has 0 bridgehead atoms. The summed E-state index contributed by atoms with van der Waals surface area (Å²) in [7, 11) is 0. The summed E-state index contributed by atoms with van der Waals surface area (Å²) >= 11 is 0. The van der Waals surface area contributed by atoms with E-state index in [1.165, 1.54) is 0 Å². The third kappa shape index (κ3) is 1.75. The number of benzene rings is 1. The molecule has 5 heteroatoms. The van der Waals surface area contributed by atoms with Crippen LogP contribution in [-0.4, -0.2) is 15.0 Å². The second-order valence-corrected chi connectivity index (χ2v) is 4.07. The molecule has 2 N–H and O–H groups in total. The Bertz CT molecular complexity index is 670. The Morgan fingerprint density at radius 3 is 2.94 bits per heavy atom. The van der Waals surface area contributed by atoms with E-state index in [-0.39, 0.29) is 0 Å². The largest absolute Gasteiger partial charge is 0.463 e. The Balaban J connectivity index is 2.05. The van der Waals surface area contributed by atoms with Crippen LogP contribution in [0.1, 0.15) is 5.56 Å². The normalized spacial score (nSPS) is 10.7. The molecule has 0 aliphatic heterocycles. The maximum Gasteiger partial charge on any atom is 0.155 e. The second-order valence-electron chi connectivity index (χ2n) is 4.07. The summed E-state index contributed by atoms with van der Waals surface area (Å²) in [4.78, 5) is 0. The van der Waals surface area contributed by atoms with E-state index < -0.39 is 0 Å². The number of anilines is 1. The number of hydrogen-bond donors (Lipinski definition) is 1. The van der Waals surface area contributed by atoms with Crippen LogP contribution in [0.4, 0.5) is 5.69 Å². The van der Waals surface area contributed by atoms with Gasteiger partial charge in [0.2, 0.25) is 0 Å². The molecule has 0 aliphatic rings. The van der Waals surface area contributed by atoms with Crippen molar-refractivity contribution < 1.29 is 4.42 Å². The molecule has 3 aromatic rings. The molecule has 0 atom stereocenters. The van der Waals surface area contributed by atoms with Gasteiger partial charge in [-0.05, 0) is 36.8 Å². The topological polar surface area (TPSA) is 69.9 Å². The molecule has 0 spiro atoms. The van der Waals surface area contributed by atoms with Crippen molar-refractivity contribution in [3.8, 4) is 17.1 Å². The Morgan fingerprint density at radius 1 is 1.28 bits per heavy atom. The molecule has 5 nitrogen and oxygen atoms in total. The van der Waals surface area contributed by atoms with Gasteiger partial charge in [0.05, 0.1) is 18.1 Å². The van der Waals surface area contributed by atoms with Crippen LogP contribution in [0.2, 0.25) is 0 Å². The third-order valence-electron chi connectivity index (χ3n) is 2.75. The lowest BCUT2D eigenvalue weighted by Gasteiger charge is -2.05. The van der Waals surface area contributed by atoms with Crippen molar-refractivity contribution in [3.63, 3.8) is 0 Å². The van der Waals surface area contributed by atoms with Crippen molar-refractivity contribution in [1.29, 1.82) is 0 Å². The average Bonchev–Trinajstić information content (AvgIpc) is 3.00. The summed E-state index contributed by atoms with van der Waals surface area (Å²) in [6.07, 6.45) is 3.43. The first-order valence-corrected chi connectivity index (χ1v) is 5.57. The van der Waals surface area contributed by atoms with Crippen LogP contribution in [0.15, 0.2) is 47.2 Å². The fraction of sp³-hybridized carbons (Fsp3) is 0.0769. The van der Waals surface area contributed by atoms with Gasteiger partial charge in [-0.2, -0.15) is 0 Å². The molecule has 0 fully saturated rings. The highest BCUT2D eigenvalue weighted by molar-refractivity contribution is 5.54. The highest BCUT2D eigenvalue weighted by atomic mass is 16.3. The van der Waals surface area contributed by atoms with Crippen molar-refractivity contribution in [3.05, 3.63) is 48.4 Å². The molecule has 18 heavy (non-hydrogen) atoms. The molecular formula is C13H12N4O. The number of aryl methyl sites for hydroxylation is 1. The fourth-order valence-corrected chi connectivity index (χ4v) is 1.79. The number of rotatable bonds is 2. The maximum absolute atomic E-state index is 5.79. The predicted octanol–water partition coefficient (Wildman–Crippen LogP) is 2.42. The van der Waals surface area contributed by atoms with Crippen molar-refractivity contribution in [2.24, 2.45) is 0 Å². The monoisotopic (exact) mass is 240 g/mol. The lowest BCUT2D eigenvalue weighted by molar-refractivity contribution is 0.580. The molecule has 3 rings (SSSR count). The van der Waals surface area contributed by atoms with E-state index in [0.29, 0.717) is 17.1 Å². The number of nitrogens with zero attached hydrogens (tertiary/aromatic N) is 3. The van der Waals surface area contributed by atoms with Gasteiger partial charge in [0, 0.05) is 5.69 Å². The Hall–Kier alpha value is -2.56. The van der Waals surface area contributed by atoms with Crippen LogP contribution in [-0.2, 0) is 0 Å². The lowest BCUT2D eigenvalue weighted by atomic mass is 10.2. The first-order valence-electron chi connectivity index (χ1n) is 5.57. The van der Waals surface area contributed by atoms with Gasteiger partial charge in [-0.25, -0.2) is 4.68 Å². The number of nitrogens with two attached hydrogens (primary N) is 1. The number of furan rings is 1. The summed E-state index contributed by atoms with van der Waals surface area (Å²) in [6.45, 7) is 2.00. The van der Waals surface area contributed by atoms with Crippen LogP contribution < -0.4 is 5.73 Å². The lowest BCUT2D eigenvalue weighted by Crippen LogP contribution is -1.99. The van der Waals surface area contributed by atoms with Crippen LogP contribution in [0.25, 0.3) is 17.1 Å². The average molecular weight is 240 g/mol.